The molecule has 0 spiro atoms. The van der Waals surface area contributed by atoms with E-state index >= 15 is 0 Å². The van der Waals surface area contributed by atoms with Crippen LogP contribution in [0.2, 0.25) is 0 Å². The Kier molecular flexibility index (Phi) is 7.74. The van der Waals surface area contributed by atoms with Gasteiger partial charge in [-0.1, -0.05) is 10.4 Å². The number of hydrogen-bond donors (Lipinski definition) is 2. The number of alkyl halides is 5. The third kappa shape index (κ3) is 6.67. The van der Waals surface area contributed by atoms with Crippen molar-refractivity contribution in [2.24, 2.45) is 17.8 Å². The lowest BCUT2D eigenvalue weighted by Crippen LogP contribution is -2.50. The Bertz CT molecular complexity index is 1380. The second-order valence-electron chi connectivity index (χ2n) is 10.3. The summed E-state index contributed by atoms with van der Waals surface area (Å²) in [7, 11) is 0. The lowest BCUT2D eigenvalue weighted by molar-refractivity contribution is -0.143. The largest absolute Gasteiger partial charge is 0.408 e. The summed E-state index contributed by atoms with van der Waals surface area (Å²) in [6.07, 6.45) is -3.59. The maximum absolute atomic E-state index is 15.0. The summed E-state index contributed by atoms with van der Waals surface area (Å²) in [5.41, 5.74) is -0.806. The Balaban J connectivity index is 1.40. The van der Waals surface area contributed by atoms with Crippen LogP contribution in [0.25, 0.3) is 0 Å². The van der Waals surface area contributed by atoms with Crippen LogP contribution in [0.5, 0.6) is 0 Å². The van der Waals surface area contributed by atoms with Crippen LogP contribution in [0.1, 0.15) is 60.0 Å². The standard InChI is InChI=1S/C23H25F6N9O3/c1-10-18(35-41-34-10)21(39)32-19(17(11-2-3-11)12-4-5-12)22(40)31-13-8-37(33-20(13)26)14(6-16(24)25)15-7-30-36-38(15)9-23(27,28)29/h7-8,11-12,14,16-17,19H,2-6,9H2,1H3,(H,31,40)(H,32,39). The van der Waals surface area contributed by atoms with E-state index in [9.17, 15) is 35.9 Å². The molecule has 2 aliphatic rings. The predicted molar refractivity (Wildman–Crippen MR) is 125 cm³/mol. The molecule has 2 amide bonds. The minimum absolute atomic E-state index is 0.119. The fraction of sp³-hybridized carbons (Fsp3) is 0.609. The number of rotatable bonds is 12. The van der Waals surface area contributed by atoms with Crippen molar-refractivity contribution in [1.82, 2.24) is 40.4 Å². The van der Waals surface area contributed by atoms with Gasteiger partial charge in [0.25, 0.3) is 11.9 Å². The molecule has 3 heterocycles. The van der Waals surface area contributed by atoms with Gasteiger partial charge in [0.15, 0.2) is 5.69 Å². The molecular weight excluding hydrogens is 564 g/mol. The Morgan fingerprint density at radius 3 is 2.39 bits per heavy atom. The number of carbonyl (C=O) groups excluding carboxylic acids is 2. The van der Waals surface area contributed by atoms with Gasteiger partial charge in [-0.3, -0.25) is 14.3 Å². The maximum Gasteiger partial charge on any atom is 0.408 e. The monoisotopic (exact) mass is 589 g/mol. The number of hydrogen-bond acceptors (Lipinski definition) is 8. The number of nitrogens with one attached hydrogen (secondary N) is 2. The van der Waals surface area contributed by atoms with Gasteiger partial charge < -0.3 is 10.6 Å². The normalized spacial score (nSPS) is 17.2. The second-order valence-corrected chi connectivity index (χ2v) is 10.3. The van der Waals surface area contributed by atoms with Crippen molar-refractivity contribution in [3.8, 4) is 0 Å². The summed E-state index contributed by atoms with van der Waals surface area (Å²) in [6.45, 7) is -0.115. The van der Waals surface area contributed by atoms with Crippen LogP contribution in [0.15, 0.2) is 17.0 Å². The van der Waals surface area contributed by atoms with Crippen molar-refractivity contribution in [3.63, 3.8) is 0 Å². The van der Waals surface area contributed by atoms with Gasteiger partial charge in [0.1, 0.15) is 30.0 Å². The SMILES string of the molecule is Cc1nonc1C(=O)NC(C(=O)Nc1cn(C(CC(F)F)c2cnnn2CC(F)(F)F)nc1F)C(C1CC1)C1CC1. The highest BCUT2D eigenvalue weighted by molar-refractivity contribution is 6.01. The number of aromatic nitrogens is 7. The number of carbonyl (C=O) groups is 2. The third-order valence-electron chi connectivity index (χ3n) is 7.14. The molecule has 0 radical (unpaired) electrons. The highest BCUT2D eigenvalue weighted by atomic mass is 19.4. The Labute approximate surface area is 227 Å². The molecule has 0 saturated heterocycles. The molecule has 12 nitrogen and oxygen atoms in total. The molecule has 41 heavy (non-hydrogen) atoms. The highest BCUT2D eigenvalue weighted by Gasteiger charge is 2.48. The van der Waals surface area contributed by atoms with Crippen molar-refractivity contribution in [2.75, 3.05) is 5.32 Å². The smallest absolute Gasteiger partial charge is 0.338 e. The van der Waals surface area contributed by atoms with Crippen molar-refractivity contribution in [1.29, 1.82) is 0 Å². The average molecular weight is 590 g/mol. The lowest BCUT2D eigenvalue weighted by Gasteiger charge is -2.27. The van der Waals surface area contributed by atoms with Gasteiger partial charge in [-0.25, -0.2) is 18.1 Å². The molecule has 2 saturated carbocycles. The first-order valence-corrected chi connectivity index (χ1v) is 12.8. The number of aryl methyl sites for hydroxylation is 1. The van der Waals surface area contributed by atoms with Gasteiger partial charge in [0.2, 0.25) is 12.3 Å². The van der Waals surface area contributed by atoms with Gasteiger partial charge in [0.05, 0.1) is 18.1 Å². The van der Waals surface area contributed by atoms with E-state index < -0.39 is 61.1 Å². The fourth-order valence-corrected chi connectivity index (χ4v) is 5.05. The lowest BCUT2D eigenvalue weighted by atomic mass is 9.88. The van der Waals surface area contributed by atoms with Crippen LogP contribution >= 0.6 is 0 Å². The summed E-state index contributed by atoms with van der Waals surface area (Å²) in [5.74, 6) is -2.66. The van der Waals surface area contributed by atoms with E-state index in [1.54, 1.807) is 0 Å². The zero-order valence-corrected chi connectivity index (χ0v) is 21.5. The van der Waals surface area contributed by atoms with E-state index in [0.717, 1.165) is 38.1 Å². The van der Waals surface area contributed by atoms with E-state index in [2.05, 4.69) is 41.0 Å². The topological polar surface area (TPSA) is 146 Å². The molecule has 222 valence electrons. The van der Waals surface area contributed by atoms with Crippen molar-refractivity contribution >= 4 is 17.5 Å². The Morgan fingerprint density at radius 1 is 1.15 bits per heavy atom. The summed E-state index contributed by atoms with van der Waals surface area (Å²) >= 11 is 0. The first-order chi connectivity index (χ1) is 19.4. The fourth-order valence-electron chi connectivity index (χ4n) is 5.05. The minimum Gasteiger partial charge on any atom is -0.338 e. The number of nitrogens with zero attached hydrogens (tertiary/aromatic N) is 7. The quantitative estimate of drug-likeness (QED) is 0.306. The molecule has 0 aliphatic heterocycles. The molecule has 0 bridgehead atoms. The summed E-state index contributed by atoms with van der Waals surface area (Å²) in [5, 5.41) is 22.4. The van der Waals surface area contributed by atoms with Crippen molar-refractivity contribution in [3.05, 3.63) is 35.4 Å². The van der Waals surface area contributed by atoms with Crippen LogP contribution in [-0.4, -0.2) is 65.5 Å². The number of halogens is 6. The molecule has 3 aromatic heterocycles. The van der Waals surface area contributed by atoms with E-state index in [1.807, 2.05) is 0 Å². The van der Waals surface area contributed by atoms with Gasteiger partial charge in [0, 0.05) is 6.42 Å². The Morgan fingerprint density at radius 2 is 1.83 bits per heavy atom. The average Bonchev–Trinajstić information content (AvgIpc) is 3.78. The molecule has 3 aromatic rings. The van der Waals surface area contributed by atoms with Gasteiger partial charge in [-0.05, 0) is 55.5 Å². The molecule has 2 N–H and O–H groups in total. The van der Waals surface area contributed by atoms with Crippen LogP contribution in [0.4, 0.5) is 32.0 Å². The molecule has 2 fully saturated rings. The van der Waals surface area contributed by atoms with Crippen LogP contribution in [0.3, 0.4) is 0 Å². The number of anilines is 1. The van der Waals surface area contributed by atoms with Crippen molar-refractivity contribution < 1.29 is 40.6 Å². The molecular formula is C23H25F6N9O3. The molecule has 18 heteroatoms. The summed E-state index contributed by atoms with van der Waals surface area (Å²) in [4.78, 5) is 26.4. The van der Waals surface area contributed by atoms with Gasteiger partial charge in [-0.15, -0.1) is 10.2 Å². The molecule has 2 atom stereocenters. The van der Waals surface area contributed by atoms with Crippen LogP contribution in [-0.2, 0) is 11.3 Å². The van der Waals surface area contributed by atoms with Crippen LogP contribution in [0, 0.1) is 30.6 Å². The summed E-state index contributed by atoms with van der Waals surface area (Å²) in [6, 6.07) is -2.69. The second kappa shape index (κ2) is 11.1. The zero-order valence-electron chi connectivity index (χ0n) is 21.5. The first-order valence-electron chi connectivity index (χ1n) is 12.8. The molecule has 2 unspecified atom stereocenters. The third-order valence-corrected chi connectivity index (χ3v) is 7.14. The van der Waals surface area contributed by atoms with E-state index in [1.165, 1.54) is 6.92 Å². The molecule has 5 rings (SSSR count). The molecule has 2 aliphatic carbocycles. The Hall–Kier alpha value is -3.99. The van der Waals surface area contributed by atoms with E-state index in [-0.39, 0.29) is 34.8 Å². The predicted octanol–water partition coefficient (Wildman–Crippen LogP) is 3.29. The van der Waals surface area contributed by atoms with Gasteiger partial charge >= 0.3 is 6.18 Å². The van der Waals surface area contributed by atoms with Gasteiger partial charge in [-0.2, -0.15) is 17.6 Å². The minimum atomic E-state index is -4.73. The number of amides is 2. The first kappa shape index (κ1) is 28.5. The summed E-state index contributed by atoms with van der Waals surface area (Å²) < 4.78 is 86.5. The zero-order chi connectivity index (χ0) is 29.5. The highest BCUT2D eigenvalue weighted by Crippen LogP contribution is 2.51. The van der Waals surface area contributed by atoms with Crippen LogP contribution < -0.4 is 10.6 Å². The van der Waals surface area contributed by atoms with Crippen molar-refractivity contribution in [2.45, 2.75) is 70.3 Å². The maximum atomic E-state index is 15.0. The van der Waals surface area contributed by atoms with E-state index in [0.29, 0.717) is 9.36 Å². The van der Waals surface area contributed by atoms with E-state index in [4.69, 9.17) is 0 Å². The molecule has 0 aromatic carbocycles.